The molecule has 3 aromatic rings. The lowest BCUT2D eigenvalue weighted by Crippen LogP contribution is -2.17. The maximum atomic E-state index is 12.2. The van der Waals surface area contributed by atoms with E-state index in [0.717, 1.165) is 21.9 Å². The van der Waals surface area contributed by atoms with Crippen molar-refractivity contribution in [1.29, 1.82) is 5.41 Å². The molecule has 0 atom stereocenters. The molecule has 0 aliphatic rings. The predicted octanol–water partition coefficient (Wildman–Crippen LogP) is 5.32. The van der Waals surface area contributed by atoms with Gasteiger partial charge in [-0.1, -0.05) is 36.4 Å². The van der Waals surface area contributed by atoms with Crippen molar-refractivity contribution >= 4 is 17.0 Å². The first-order valence-corrected chi connectivity index (χ1v) is 7.46. The first kappa shape index (κ1) is 16.8. The minimum atomic E-state index is -4.70. The van der Waals surface area contributed by atoms with E-state index < -0.39 is 6.36 Å². The summed E-state index contributed by atoms with van der Waals surface area (Å²) in [5.74, 6) is 0.383. The van der Waals surface area contributed by atoms with Gasteiger partial charge in [0.15, 0.2) is 0 Å². The molecule has 0 unspecified atom stereocenters. The zero-order valence-electron chi connectivity index (χ0n) is 13.0. The molecule has 0 fully saturated rings. The van der Waals surface area contributed by atoms with Crippen LogP contribution in [0.25, 0.3) is 10.8 Å². The van der Waals surface area contributed by atoms with Crippen LogP contribution in [0.1, 0.15) is 11.1 Å². The number of halogens is 3. The maximum Gasteiger partial charge on any atom is 0.573 e. The molecule has 0 saturated carbocycles. The Balaban J connectivity index is 1.76. The summed E-state index contributed by atoms with van der Waals surface area (Å²) >= 11 is 0. The molecule has 0 saturated heterocycles. The molecule has 3 rings (SSSR count). The third-order valence-corrected chi connectivity index (χ3v) is 3.62. The number of hydrogen-bond donors (Lipinski definition) is 1. The van der Waals surface area contributed by atoms with Crippen LogP contribution in [0.4, 0.5) is 13.2 Å². The van der Waals surface area contributed by atoms with Crippen LogP contribution in [0.3, 0.4) is 0 Å². The van der Waals surface area contributed by atoms with Crippen molar-refractivity contribution < 1.29 is 22.6 Å². The SMILES string of the molecule is N=Cc1ccc(OCc2ccc(OC(F)(F)F)cc2)c2ccccc12. The summed E-state index contributed by atoms with van der Waals surface area (Å²) in [6.45, 7) is 0.209. The van der Waals surface area contributed by atoms with Gasteiger partial charge in [-0.05, 0) is 35.2 Å². The average Bonchev–Trinajstić information content (AvgIpc) is 2.59. The molecule has 0 aromatic heterocycles. The number of rotatable bonds is 5. The third kappa shape index (κ3) is 4.09. The quantitative estimate of drug-likeness (QED) is 0.636. The first-order chi connectivity index (χ1) is 12.0. The van der Waals surface area contributed by atoms with Gasteiger partial charge in [-0.3, -0.25) is 0 Å². The lowest BCUT2D eigenvalue weighted by Gasteiger charge is -2.12. The lowest BCUT2D eigenvalue weighted by atomic mass is 10.0. The Morgan fingerprint density at radius 1 is 0.880 bits per heavy atom. The van der Waals surface area contributed by atoms with Gasteiger partial charge in [-0.25, -0.2) is 0 Å². The highest BCUT2D eigenvalue weighted by Crippen LogP contribution is 2.29. The second-order valence-corrected chi connectivity index (χ2v) is 5.32. The predicted molar refractivity (Wildman–Crippen MR) is 89.3 cm³/mol. The topological polar surface area (TPSA) is 42.3 Å². The molecular weight excluding hydrogens is 331 g/mol. The zero-order valence-corrected chi connectivity index (χ0v) is 13.0. The molecule has 25 heavy (non-hydrogen) atoms. The third-order valence-electron chi connectivity index (χ3n) is 3.62. The van der Waals surface area contributed by atoms with Gasteiger partial charge in [0.05, 0.1) is 0 Å². The lowest BCUT2D eigenvalue weighted by molar-refractivity contribution is -0.274. The van der Waals surface area contributed by atoms with E-state index >= 15 is 0 Å². The van der Waals surface area contributed by atoms with Crippen molar-refractivity contribution in [2.75, 3.05) is 0 Å². The van der Waals surface area contributed by atoms with Crippen LogP contribution in [-0.2, 0) is 6.61 Å². The molecule has 3 aromatic carbocycles. The van der Waals surface area contributed by atoms with E-state index in [-0.39, 0.29) is 12.4 Å². The summed E-state index contributed by atoms with van der Waals surface area (Å²) < 4.78 is 46.1. The number of benzene rings is 3. The summed E-state index contributed by atoms with van der Waals surface area (Å²) in [7, 11) is 0. The summed E-state index contributed by atoms with van der Waals surface area (Å²) in [6, 6.07) is 16.7. The average molecular weight is 345 g/mol. The Hall–Kier alpha value is -3.02. The van der Waals surface area contributed by atoms with Crippen LogP contribution in [-0.4, -0.2) is 12.6 Å². The van der Waals surface area contributed by atoms with Crippen LogP contribution in [0.5, 0.6) is 11.5 Å². The molecule has 128 valence electrons. The summed E-state index contributed by atoms with van der Waals surface area (Å²) in [5.41, 5.74) is 1.51. The van der Waals surface area contributed by atoms with E-state index in [1.54, 1.807) is 12.1 Å². The number of alkyl halides is 3. The van der Waals surface area contributed by atoms with Crippen LogP contribution < -0.4 is 9.47 Å². The van der Waals surface area contributed by atoms with Crippen molar-refractivity contribution in [3.8, 4) is 11.5 Å². The Morgan fingerprint density at radius 3 is 2.20 bits per heavy atom. The van der Waals surface area contributed by atoms with Crippen molar-refractivity contribution in [3.63, 3.8) is 0 Å². The normalized spacial score (nSPS) is 11.3. The first-order valence-electron chi connectivity index (χ1n) is 7.46. The highest BCUT2D eigenvalue weighted by atomic mass is 19.4. The minimum Gasteiger partial charge on any atom is -0.488 e. The smallest absolute Gasteiger partial charge is 0.488 e. The molecular formula is C19H14F3NO2. The van der Waals surface area contributed by atoms with E-state index in [0.29, 0.717) is 5.75 Å². The van der Waals surface area contributed by atoms with Crippen LogP contribution in [0, 0.1) is 5.41 Å². The Bertz CT molecular complexity index is 889. The molecule has 0 amide bonds. The molecule has 0 aliphatic carbocycles. The van der Waals surface area contributed by atoms with Crippen LogP contribution in [0.2, 0.25) is 0 Å². The van der Waals surface area contributed by atoms with Gasteiger partial charge in [0.25, 0.3) is 0 Å². The highest BCUT2D eigenvalue weighted by molar-refractivity contribution is 6.01. The molecule has 0 aliphatic heterocycles. The standard InChI is InChI=1S/C19H14F3NO2/c20-19(21,22)25-15-8-5-13(6-9-15)12-24-18-10-7-14(11-23)16-3-1-2-4-17(16)18/h1-11,23H,12H2. The fourth-order valence-electron chi connectivity index (χ4n) is 2.49. The maximum absolute atomic E-state index is 12.2. The van der Waals surface area contributed by atoms with Gasteiger partial charge >= 0.3 is 6.36 Å². The van der Waals surface area contributed by atoms with Crippen LogP contribution in [0.15, 0.2) is 60.7 Å². The summed E-state index contributed by atoms with van der Waals surface area (Å²) in [5, 5.41) is 9.24. The van der Waals surface area contributed by atoms with E-state index in [2.05, 4.69) is 4.74 Å². The van der Waals surface area contributed by atoms with E-state index in [9.17, 15) is 13.2 Å². The van der Waals surface area contributed by atoms with E-state index in [1.165, 1.54) is 30.5 Å². The number of ether oxygens (including phenoxy) is 2. The Morgan fingerprint density at radius 2 is 1.56 bits per heavy atom. The minimum absolute atomic E-state index is 0.209. The monoisotopic (exact) mass is 345 g/mol. The Labute approximate surface area is 142 Å². The van der Waals surface area contributed by atoms with Gasteiger partial charge in [0, 0.05) is 17.2 Å². The van der Waals surface area contributed by atoms with Crippen LogP contribution >= 0.6 is 0 Å². The van der Waals surface area contributed by atoms with Gasteiger partial charge in [0.2, 0.25) is 0 Å². The number of fused-ring (bicyclic) bond motifs is 1. The molecule has 6 heteroatoms. The summed E-state index contributed by atoms with van der Waals surface area (Å²) in [6.07, 6.45) is -3.42. The van der Waals surface area contributed by atoms with Gasteiger partial charge in [-0.2, -0.15) is 0 Å². The van der Waals surface area contributed by atoms with Crippen molar-refractivity contribution in [2.45, 2.75) is 13.0 Å². The van der Waals surface area contributed by atoms with Crippen molar-refractivity contribution in [1.82, 2.24) is 0 Å². The van der Waals surface area contributed by atoms with E-state index in [4.69, 9.17) is 10.1 Å². The molecule has 0 radical (unpaired) electrons. The summed E-state index contributed by atoms with van der Waals surface area (Å²) in [4.78, 5) is 0. The second kappa shape index (κ2) is 6.84. The largest absolute Gasteiger partial charge is 0.573 e. The number of nitrogens with one attached hydrogen (secondary N) is 1. The zero-order chi connectivity index (χ0) is 17.9. The van der Waals surface area contributed by atoms with Gasteiger partial charge in [0.1, 0.15) is 18.1 Å². The molecule has 0 spiro atoms. The molecule has 3 nitrogen and oxygen atoms in total. The van der Waals surface area contributed by atoms with E-state index in [1.807, 2.05) is 24.3 Å². The molecule has 0 bridgehead atoms. The Kier molecular flexibility index (Phi) is 4.61. The molecule has 0 heterocycles. The second-order valence-electron chi connectivity index (χ2n) is 5.32. The van der Waals surface area contributed by atoms with Gasteiger partial charge < -0.3 is 14.9 Å². The number of hydrogen-bond acceptors (Lipinski definition) is 3. The van der Waals surface area contributed by atoms with Crippen molar-refractivity contribution in [2.24, 2.45) is 0 Å². The molecule has 1 N–H and O–H groups in total. The van der Waals surface area contributed by atoms with Gasteiger partial charge in [-0.15, -0.1) is 13.2 Å². The van der Waals surface area contributed by atoms with Crippen molar-refractivity contribution in [3.05, 3.63) is 71.8 Å². The fourth-order valence-corrected chi connectivity index (χ4v) is 2.49. The fraction of sp³-hybridized carbons (Fsp3) is 0.105. The highest BCUT2D eigenvalue weighted by Gasteiger charge is 2.30.